The maximum Gasteiger partial charge on any atom is 0.219 e. The number of rotatable bonds is 3. The van der Waals surface area contributed by atoms with Crippen molar-refractivity contribution >= 4 is 40.5 Å². The molecule has 0 radical (unpaired) electrons. The zero-order chi connectivity index (χ0) is 15.4. The fraction of sp³-hybridized carbons (Fsp3) is 0.467. The van der Waals surface area contributed by atoms with Gasteiger partial charge in [0.15, 0.2) is 5.11 Å². The van der Waals surface area contributed by atoms with Crippen molar-refractivity contribution in [2.45, 2.75) is 19.8 Å². The topological polar surface area (TPSA) is 49.6 Å². The van der Waals surface area contributed by atoms with Gasteiger partial charge in [-0.3, -0.25) is 4.79 Å². The van der Waals surface area contributed by atoms with Gasteiger partial charge in [-0.2, -0.15) is 0 Å². The van der Waals surface area contributed by atoms with Gasteiger partial charge in [0.1, 0.15) is 0 Å². The Morgan fingerprint density at radius 2 is 1.95 bits per heavy atom. The van der Waals surface area contributed by atoms with Crippen molar-refractivity contribution in [2.75, 3.05) is 24.5 Å². The number of piperidine rings is 1. The normalized spacial score (nSPS) is 15.8. The van der Waals surface area contributed by atoms with E-state index in [1.807, 2.05) is 34.1 Å². The van der Waals surface area contributed by atoms with E-state index in [0.717, 1.165) is 38.2 Å². The largest absolute Gasteiger partial charge is 0.376 e. The summed E-state index contributed by atoms with van der Waals surface area (Å²) in [5, 5.41) is 1.06. The molecule has 114 valence electrons. The van der Waals surface area contributed by atoms with Crippen LogP contribution in [0, 0.1) is 5.92 Å². The first-order chi connectivity index (χ1) is 9.97. The van der Waals surface area contributed by atoms with Gasteiger partial charge in [-0.25, -0.2) is 0 Å². The number of thiocarbonyl (C=S) groups is 1. The molecule has 0 aromatic heterocycles. The highest BCUT2D eigenvalue weighted by atomic mass is 35.5. The Hall–Kier alpha value is -1.33. The molecule has 1 amide bonds. The summed E-state index contributed by atoms with van der Waals surface area (Å²) in [6, 6.07) is 7.51. The number of nitrogens with zero attached hydrogens (tertiary/aromatic N) is 2. The Bertz CT molecular complexity index is 512. The maximum atomic E-state index is 11.4. The predicted molar refractivity (Wildman–Crippen MR) is 90.6 cm³/mol. The summed E-state index contributed by atoms with van der Waals surface area (Å²) < 4.78 is 0. The first-order valence-electron chi connectivity index (χ1n) is 7.05. The quantitative estimate of drug-likeness (QED) is 0.868. The molecule has 1 aromatic rings. The number of likely N-dealkylation sites (tertiary alicyclic amines) is 1. The Morgan fingerprint density at radius 1 is 1.38 bits per heavy atom. The van der Waals surface area contributed by atoms with E-state index >= 15 is 0 Å². The maximum absolute atomic E-state index is 11.4. The van der Waals surface area contributed by atoms with Crippen LogP contribution in [0.2, 0.25) is 5.02 Å². The van der Waals surface area contributed by atoms with Crippen LogP contribution in [0.15, 0.2) is 24.3 Å². The summed E-state index contributed by atoms with van der Waals surface area (Å²) in [7, 11) is 0. The van der Waals surface area contributed by atoms with Gasteiger partial charge < -0.3 is 15.5 Å². The number of carbonyl (C=O) groups is 1. The lowest BCUT2D eigenvalue weighted by Crippen LogP contribution is -2.44. The molecule has 2 N–H and O–H groups in total. The first-order valence-corrected chi connectivity index (χ1v) is 7.84. The number of halogens is 1. The second kappa shape index (κ2) is 7.09. The summed E-state index contributed by atoms with van der Waals surface area (Å²) in [6.07, 6.45) is 1.96. The molecule has 0 aliphatic carbocycles. The van der Waals surface area contributed by atoms with Crippen LogP contribution in [0.5, 0.6) is 0 Å². The molecule has 1 aliphatic heterocycles. The minimum absolute atomic E-state index is 0.150. The molecule has 6 heteroatoms. The highest BCUT2D eigenvalue weighted by molar-refractivity contribution is 7.80. The number of nitrogens with two attached hydrogens (primary N) is 1. The molecule has 1 aromatic carbocycles. The van der Waals surface area contributed by atoms with Crippen molar-refractivity contribution in [1.29, 1.82) is 0 Å². The molecule has 21 heavy (non-hydrogen) atoms. The molecule has 0 unspecified atom stereocenters. The number of benzene rings is 1. The van der Waals surface area contributed by atoms with Crippen molar-refractivity contribution < 1.29 is 4.79 Å². The Balaban J connectivity index is 2.00. The molecule has 2 rings (SSSR count). The number of anilines is 1. The van der Waals surface area contributed by atoms with Crippen LogP contribution in [0.3, 0.4) is 0 Å². The fourth-order valence-electron chi connectivity index (χ4n) is 2.63. The third kappa shape index (κ3) is 4.32. The minimum Gasteiger partial charge on any atom is -0.376 e. The van der Waals surface area contributed by atoms with Gasteiger partial charge >= 0.3 is 0 Å². The van der Waals surface area contributed by atoms with E-state index in [0.29, 0.717) is 16.1 Å². The van der Waals surface area contributed by atoms with Crippen LogP contribution in [0.1, 0.15) is 19.8 Å². The van der Waals surface area contributed by atoms with Gasteiger partial charge in [0.2, 0.25) is 5.91 Å². The Morgan fingerprint density at radius 3 is 2.43 bits per heavy atom. The molecular formula is C15H20ClN3OS. The van der Waals surface area contributed by atoms with Crippen LogP contribution >= 0.6 is 23.8 Å². The van der Waals surface area contributed by atoms with Crippen molar-refractivity contribution in [3.63, 3.8) is 0 Å². The highest BCUT2D eigenvalue weighted by Gasteiger charge is 2.23. The molecule has 0 bridgehead atoms. The van der Waals surface area contributed by atoms with Gasteiger partial charge in [0.25, 0.3) is 0 Å². The highest BCUT2D eigenvalue weighted by Crippen LogP contribution is 2.23. The van der Waals surface area contributed by atoms with Crippen LogP contribution in [0.4, 0.5) is 5.69 Å². The molecule has 0 spiro atoms. The summed E-state index contributed by atoms with van der Waals surface area (Å²) in [4.78, 5) is 15.2. The lowest BCUT2D eigenvalue weighted by molar-refractivity contribution is -0.130. The van der Waals surface area contributed by atoms with Gasteiger partial charge in [-0.15, -0.1) is 0 Å². The van der Waals surface area contributed by atoms with Gasteiger partial charge in [0, 0.05) is 37.3 Å². The van der Waals surface area contributed by atoms with E-state index in [9.17, 15) is 4.79 Å². The van der Waals surface area contributed by atoms with E-state index < -0.39 is 0 Å². The van der Waals surface area contributed by atoms with E-state index in [1.54, 1.807) is 6.92 Å². The molecule has 1 aliphatic rings. The van der Waals surface area contributed by atoms with E-state index in [2.05, 4.69) is 0 Å². The summed E-state index contributed by atoms with van der Waals surface area (Å²) in [6.45, 7) is 4.02. The SMILES string of the molecule is CC(=O)N1CCC(CN(C(N)=S)c2ccc(Cl)cc2)CC1. The van der Waals surface area contributed by atoms with Crippen molar-refractivity contribution in [3.8, 4) is 0 Å². The van der Waals surface area contributed by atoms with Crippen molar-refractivity contribution in [3.05, 3.63) is 29.3 Å². The zero-order valence-electron chi connectivity index (χ0n) is 12.1. The number of hydrogen-bond acceptors (Lipinski definition) is 2. The van der Waals surface area contributed by atoms with Crippen molar-refractivity contribution in [1.82, 2.24) is 4.90 Å². The lowest BCUT2D eigenvalue weighted by atomic mass is 9.96. The Labute approximate surface area is 135 Å². The molecule has 1 heterocycles. The molecular weight excluding hydrogens is 306 g/mol. The van der Waals surface area contributed by atoms with Gasteiger partial charge in [-0.05, 0) is 55.2 Å². The summed E-state index contributed by atoms with van der Waals surface area (Å²) >= 11 is 11.1. The van der Waals surface area contributed by atoms with Crippen LogP contribution in [-0.2, 0) is 4.79 Å². The standard InChI is InChI=1S/C15H20ClN3OS/c1-11(20)18-8-6-12(7-9-18)10-19(15(17)21)14-4-2-13(16)3-5-14/h2-5,12H,6-10H2,1H3,(H2,17,21). The third-order valence-electron chi connectivity index (χ3n) is 3.90. The first kappa shape index (κ1) is 16.0. The molecule has 1 fully saturated rings. The Kier molecular flexibility index (Phi) is 5.42. The van der Waals surface area contributed by atoms with E-state index in [1.165, 1.54) is 0 Å². The predicted octanol–water partition coefficient (Wildman–Crippen LogP) is 2.65. The molecule has 0 atom stereocenters. The minimum atomic E-state index is 0.150. The zero-order valence-corrected chi connectivity index (χ0v) is 13.7. The second-order valence-electron chi connectivity index (χ2n) is 5.37. The third-order valence-corrected chi connectivity index (χ3v) is 4.38. The van der Waals surface area contributed by atoms with Crippen LogP contribution < -0.4 is 10.6 Å². The second-order valence-corrected chi connectivity index (χ2v) is 6.23. The average molecular weight is 326 g/mol. The van der Waals surface area contributed by atoms with E-state index in [4.69, 9.17) is 29.6 Å². The number of hydrogen-bond donors (Lipinski definition) is 1. The monoisotopic (exact) mass is 325 g/mol. The van der Waals surface area contributed by atoms with E-state index in [-0.39, 0.29) is 5.91 Å². The summed E-state index contributed by atoms with van der Waals surface area (Å²) in [5.74, 6) is 0.634. The van der Waals surface area contributed by atoms with Gasteiger partial charge in [0.05, 0.1) is 0 Å². The fourth-order valence-corrected chi connectivity index (χ4v) is 2.94. The molecule has 4 nitrogen and oxygen atoms in total. The van der Waals surface area contributed by atoms with Gasteiger partial charge in [-0.1, -0.05) is 11.6 Å². The number of carbonyl (C=O) groups excluding carboxylic acids is 1. The number of amides is 1. The summed E-state index contributed by atoms with van der Waals surface area (Å²) in [5.41, 5.74) is 6.82. The lowest BCUT2D eigenvalue weighted by Gasteiger charge is -2.34. The van der Waals surface area contributed by atoms with Crippen LogP contribution in [0.25, 0.3) is 0 Å². The molecule has 1 saturated heterocycles. The van der Waals surface area contributed by atoms with Crippen molar-refractivity contribution in [2.24, 2.45) is 11.7 Å². The van der Waals surface area contributed by atoms with Crippen LogP contribution in [-0.4, -0.2) is 35.6 Å². The average Bonchev–Trinajstić information content (AvgIpc) is 2.46. The molecule has 0 saturated carbocycles. The smallest absolute Gasteiger partial charge is 0.219 e.